The Morgan fingerprint density at radius 3 is 2.04 bits per heavy atom. The number of hydrogen-bond acceptors (Lipinski definition) is 5. The van der Waals surface area contributed by atoms with Crippen molar-refractivity contribution in [3.8, 4) is 39.9 Å². The normalized spacial score (nSPS) is 11.9. The van der Waals surface area contributed by atoms with Gasteiger partial charge in [-0.3, -0.25) is 4.57 Å². The zero-order valence-corrected chi connectivity index (χ0v) is 27.9. The minimum absolute atomic E-state index is 0.580. The second-order valence-corrected chi connectivity index (χ2v) is 13.9. The van der Waals surface area contributed by atoms with Gasteiger partial charge in [-0.25, -0.2) is 4.98 Å². The lowest BCUT2D eigenvalue weighted by Gasteiger charge is -2.12. The van der Waals surface area contributed by atoms with Gasteiger partial charge in [-0.15, -0.1) is 11.3 Å². The lowest BCUT2D eigenvalue weighted by atomic mass is 10.0. The molecule has 0 aliphatic heterocycles. The zero-order chi connectivity index (χ0) is 33.5. The van der Waals surface area contributed by atoms with Crippen molar-refractivity contribution in [1.29, 1.82) is 0 Å². The van der Waals surface area contributed by atoms with Gasteiger partial charge in [-0.1, -0.05) is 115 Å². The molecule has 0 aliphatic rings. The zero-order valence-electron chi connectivity index (χ0n) is 27.1. The minimum Gasteiger partial charge on any atom is -0.456 e. The number of aromatic nitrogens is 4. The molecule has 0 unspecified atom stereocenters. The molecule has 11 aromatic rings. The van der Waals surface area contributed by atoms with Crippen molar-refractivity contribution < 1.29 is 4.42 Å². The highest BCUT2D eigenvalue weighted by molar-refractivity contribution is 7.26. The lowest BCUT2D eigenvalue weighted by molar-refractivity contribution is 0.669. The summed E-state index contributed by atoms with van der Waals surface area (Å²) in [4.78, 5) is 15.6. The molecule has 6 heteroatoms. The molecule has 0 fully saturated rings. The molecule has 0 saturated heterocycles. The molecule has 0 amide bonds. The van der Waals surface area contributed by atoms with Crippen molar-refractivity contribution in [1.82, 2.24) is 19.5 Å². The van der Waals surface area contributed by atoms with Crippen LogP contribution in [0.15, 0.2) is 162 Å². The van der Waals surface area contributed by atoms with E-state index in [9.17, 15) is 0 Å². The van der Waals surface area contributed by atoms with Crippen molar-refractivity contribution in [2.75, 3.05) is 0 Å². The summed E-state index contributed by atoms with van der Waals surface area (Å²) in [6.45, 7) is 0. The van der Waals surface area contributed by atoms with Crippen LogP contribution in [-0.4, -0.2) is 19.5 Å². The van der Waals surface area contributed by atoms with Crippen LogP contribution in [0, 0.1) is 0 Å². The van der Waals surface area contributed by atoms with Gasteiger partial charge in [0.15, 0.2) is 11.6 Å². The molecule has 7 aromatic carbocycles. The molecule has 4 heterocycles. The minimum atomic E-state index is 0.580. The van der Waals surface area contributed by atoms with Crippen molar-refractivity contribution in [3.05, 3.63) is 158 Å². The van der Waals surface area contributed by atoms with Gasteiger partial charge in [0.2, 0.25) is 5.95 Å². The molecule has 51 heavy (non-hydrogen) atoms. The fourth-order valence-corrected chi connectivity index (χ4v) is 8.71. The van der Waals surface area contributed by atoms with E-state index < -0.39 is 0 Å². The van der Waals surface area contributed by atoms with E-state index in [2.05, 4.69) is 132 Å². The third-order valence-electron chi connectivity index (χ3n) is 9.88. The number of furan rings is 1. The predicted molar refractivity (Wildman–Crippen MR) is 211 cm³/mol. The molecule has 0 radical (unpaired) electrons. The molecule has 238 valence electrons. The highest BCUT2D eigenvalue weighted by atomic mass is 32.1. The molecule has 0 bridgehead atoms. The summed E-state index contributed by atoms with van der Waals surface area (Å²) in [6.07, 6.45) is 0. The molecule has 0 saturated carbocycles. The molecule has 0 atom stereocenters. The van der Waals surface area contributed by atoms with Gasteiger partial charge in [0, 0.05) is 52.8 Å². The first-order valence-electron chi connectivity index (χ1n) is 16.9. The molecule has 11 rings (SSSR count). The smallest absolute Gasteiger partial charge is 0.238 e. The lowest BCUT2D eigenvalue weighted by Crippen LogP contribution is -2.06. The maximum atomic E-state index is 6.14. The average molecular weight is 671 g/mol. The van der Waals surface area contributed by atoms with Crippen LogP contribution >= 0.6 is 11.3 Å². The molecular formula is C45H26N4OS. The van der Waals surface area contributed by atoms with Crippen LogP contribution in [-0.2, 0) is 0 Å². The first-order chi connectivity index (χ1) is 25.3. The van der Waals surface area contributed by atoms with Crippen LogP contribution in [0.4, 0.5) is 0 Å². The summed E-state index contributed by atoms with van der Waals surface area (Å²) in [5, 5.41) is 6.95. The first kappa shape index (κ1) is 28.2. The van der Waals surface area contributed by atoms with Crippen LogP contribution in [0.1, 0.15) is 0 Å². The summed E-state index contributed by atoms with van der Waals surface area (Å²) >= 11 is 1.78. The van der Waals surface area contributed by atoms with E-state index in [0.717, 1.165) is 66.0 Å². The van der Waals surface area contributed by atoms with Crippen molar-refractivity contribution in [2.24, 2.45) is 0 Å². The monoisotopic (exact) mass is 670 g/mol. The first-order valence-corrected chi connectivity index (χ1v) is 17.8. The standard InChI is InChI=1S/C45H26N4OS/c1-2-11-27(12-3-1)43-46-44(35-17-10-16-34-33-15-6-9-20-41(33)51-42(34)35)48-45(47-43)49-37-18-7-4-13-30(37)31-23-21-29(26-38(31)49)28-22-24-40-36(25-28)32-14-5-8-19-39(32)50-40/h1-26H. The Morgan fingerprint density at radius 1 is 0.431 bits per heavy atom. The van der Waals surface area contributed by atoms with Gasteiger partial charge in [0.25, 0.3) is 0 Å². The fraction of sp³-hybridized carbons (Fsp3) is 0. The van der Waals surface area contributed by atoms with Gasteiger partial charge in [-0.05, 0) is 53.6 Å². The summed E-state index contributed by atoms with van der Waals surface area (Å²) in [5.41, 5.74) is 8.00. The van der Waals surface area contributed by atoms with Crippen molar-refractivity contribution in [2.45, 2.75) is 0 Å². The third kappa shape index (κ3) is 4.37. The van der Waals surface area contributed by atoms with Gasteiger partial charge in [0.05, 0.1) is 11.0 Å². The number of thiophene rings is 1. The maximum absolute atomic E-state index is 6.14. The Labute approximate surface area is 295 Å². The quantitative estimate of drug-likeness (QED) is 0.187. The van der Waals surface area contributed by atoms with Crippen LogP contribution in [0.25, 0.3) is 104 Å². The Bertz CT molecular complexity index is 3150. The van der Waals surface area contributed by atoms with E-state index in [1.54, 1.807) is 11.3 Å². The molecule has 4 aromatic heterocycles. The van der Waals surface area contributed by atoms with Gasteiger partial charge >= 0.3 is 0 Å². The van der Waals surface area contributed by atoms with Crippen LogP contribution in [0.2, 0.25) is 0 Å². The summed E-state index contributed by atoms with van der Waals surface area (Å²) in [5.74, 6) is 1.86. The number of fused-ring (bicyclic) bond motifs is 9. The Morgan fingerprint density at radius 2 is 1.12 bits per heavy atom. The van der Waals surface area contributed by atoms with Crippen LogP contribution in [0.5, 0.6) is 0 Å². The molecule has 0 aliphatic carbocycles. The number of rotatable bonds is 4. The fourth-order valence-electron chi connectivity index (χ4n) is 7.50. The Hall–Kier alpha value is -6.63. The van der Waals surface area contributed by atoms with Gasteiger partial charge in [0.1, 0.15) is 11.2 Å². The Kier molecular flexibility index (Phi) is 6.05. The number of nitrogens with zero attached hydrogens (tertiary/aromatic N) is 4. The van der Waals surface area contributed by atoms with Gasteiger partial charge in [-0.2, -0.15) is 9.97 Å². The maximum Gasteiger partial charge on any atom is 0.238 e. The van der Waals surface area contributed by atoms with E-state index in [1.165, 1.54) is 20.2 Å². The summed E-state index contributed by atoms with van der Waals surface area (Å²) in [7, 11) is 0. The van der Waals surface area contributed by atoms with Crippen LogP contribution in [0.3, 0.4) is 0 Å². The van der Waals surface area contributed by atoms with Gasteiger partial charge < -0.3 is 4.42 Å². The van der Waals surface area contributed by atoms with Crippen molar-refractivity contribution in [3.63, 3.8) is 0 Å². The number of benzene rings is 7. The average Bonchev–Trinajstić information content (AvgIpc) is 3.87. The van der Waals surface area contributed by atoms with E-state index >= 15 is 0 Å². The highest BCUT2D eigenvalue weighted by Crippen LogP contribution is 2.41. The van der Waals surface area contributed by atoms with E-state index in [0.29, 0.717) is 17.6 Å². The molecular weight excluding hydrogens is 645 g/mol. The van der Waals surface area contributed by atoms with E-state index in [-0.39, 0.29) is 0 Å². The second-order valence-electron chi connectivity index (χ2n) is 12.8. The van der Waals surface area contributed by atoms with E-state index in [1.807, 2.05) is 30.3 Å². The predicted octanol–water partition coefficient (Wildman–Crippen LogP) is 12.2. The summed E-state index contributed by atoms with van der Waals surface area (Å²) in [6, 6.07) is 55.0. The third-order valence-corrected chi connectivity index (χ3v) is 11.1. The van der Waals surface area contributed by atoms with Crippen LogP contribution < -0.4 is 0 Å². The largest absolute Gasteiger partial charge is 0.456 e. The molecule has 5 nitrogen and oxygen atoms in total. The van der Waals surface area contributed by atoms with E-state index in [4.69, 9.17) is 19.4 Å². The Balaban J connectivity index is 1.17. The number of para-hydroxylation sites is 2. The summed E-state index contributed by atoms with van der Waals surface area (Å²) < 4.78 is 10.8. The highest BCUT2D eigenvalue weighted by Gasteiger charge is 2.20. The van der Waals surface area contributed by atoms with Crippen molar-refractivity contribution >= 4 is 75.3 Å². The molecule has 0 spiro atoms. The topological polar surface area (TPSA) is 56.7 Å². The molecule has 0 N–H and O–H groups in total. The second kappa shape index (κ2) is 10.9. The SMILES string of the molecule is c1ccc(-c2nc(-c3cccc4c3sc3ccccc34)nc(-n3c4ccccc4c4ccc(-c5ccc6oc7ccccc7c6c5)cc43)n2)cc1. The number of hydrogen-bond donors (Lipinski definition) is 0.